The van der Waals surface area contributed by atoms with E-state index in [0.29, 0.717) is 0 Å². The number of hydrogen-bond donors (Lipinski definition) is 2. The van der Waals surface area contributed by atoms with Gasteiger partial charge >= 0.3 is 0 Å². The van der Waals surface area contributed by atoms with Crippen molar-refractivity contribution in [2.75, 3.05) is 20.6 Å². The van der Waals surface area contributed by atoms with Crippen molar-refractivity contribution >= 4 is 10.9 Å². The number of aromatic nitrogens is 1. The molecule has 1 fully saturated rings. The van der Waals surface area contributed by atoms with Crippen molar-refractivity contribution < 1.29 is 4.39 Å². The molecule has 5 rings (SSSR count). The molecule has 0 saturated heterocycles. The number of nitrogens with one attached hydrogen (secondary N) is 2. The van der Waals surface area contributed by atoms with Gasteiger partial charge in [0.2, 0.25) is 0 Å². The topological polar surface area (TPSA) is 31.1 Å². The lowest BCUT2D eigenvalue weighted by Gasteiger charge is -2.51. The van der Waals surface area contributed by atoms with Crippen molar-refractivity contribution in [3.8, 4) is 0 Å². The number of aromatic amines is 1. The number of halogens is 1. The molecule has 2 heterocycles. The first-order chi connectivity index (χ1) is 13.5. The van der Waals surface area contributed by atoms with Gasteiger partial charge in [-0.3, -0.25) is 4.90 Å². The molecule has 1 aromatic heterocycles. The first-order valence-corrected chi connectivity index (χ1v) is 10.3. The monoisotopic (exact) mass is 377 g/mol. The van der Waals surface area contributed by atoms with Gasteiger partial charge in [0.1, 0.15) is 5.82 Å². The zero-order chi connectivity index (χ0) is 19.4. The van der Waals surface area contributed by atoms with E-state index in [2.05, 4.69) is 59.6 Å². The van der Waals surface area contributed by atoms with Crippen molar-refractivity contribution in [1.29, 1.82) is 0 Å². The quantitative estimate of drug-likeness (QED) is 0.679. The third kappa shape index (κ3) is 2.55. The SMILES string of the molecule is CN(C)[C@]1(c2ccccc2)CC[C@@]2(CC1)NCCc1c3cc(F)ccc3[nH]c12. The Morgan fingerprint density at radius 3 is 2.43 bits per heavy atom. The van der Waals surface area contributed by atoms with Crippen molar-refractivity contribution in [2.24, 2.45) is 0 Å². The number of hydrogen-bond acceptors (Lipinski definition) is 2. The number of H-pyrrole nitrogens is 1. The van der Waals surface area contributed by atoms with E-state index in [0.717, 1.165) is 49.6 Å². The Hall–Kier alpha value is -2.17. The molecule has 2 aromatic carbocycles. The van der Waals surface area contributed by atoms with Crippen LogP contribution < -0.4 is 5.32 Å². The Balaban J connectivity index is 1.54. The molecule has 146 valence electrons. The molecule has 1 saturated carbocycles. The van der Waals surface area contributed by atoms with Crippen molar-refractivity contribution in [3.63, 3.8) is 0 Å². The van der Waals surface area contributed by atoms with Crippen LogP contribution in [0.25, 0.3) is 10.9 Å². The maximum Gasteiger partial charge on any atom is 0.123 e. The summed E-state index contributed by atoms with van der Waals surface area (Å²) in [6, 6.07) is 16.1. The molecular formula is C24H28FN3. The van der Waals surface area contributed by atoms with E-state index in [-0.39, 0.29) is 16.9 Å². The Bertz CT molecular complexity index is 997. The molecule has 0 bridgehead atoms. The first-order valence-electron chi connectivity index (χ1n) is 10.3. The number of rotatable bonds is 2. The lowest BCUT2D eigenvalue weighted by Crippen LogP contribution is -2.55. The summed E-state index contributed by atoms with van der Waals surface area (Å²) in [5.74, 6) is -0.152. The van der Waals surface area contributed by atoms with E-state index < -0.39 is 0 Å². The zero-order valence-electron chi connectivity index (χ0n) is 16.7. The van der Waals surface area contributed by atoms with Crippen LogP contribution in [0.1, 0.15) is 42.5 Å². The van der Waals surface area contributed by atoms with Crippen molar-refractivity contribution in [2.45, 2.75) is 43.2 Å². The fraction of sp³-hybridized carbons (Fsp3) is 0.417. The summed E-state index contributed by atoms with van der Waals surface area (Å²) in [5, 5.41) is 4.91. The molecule has 0 radical (unpaired) electrons. The highest BCUT2D eigenvalue weighted by Crippen LogP contribution is 2.50. The van der Waals surface area contributed by atoms with Crippen molar-refractivity contribution in [1.82, 2.24) is 15.2 Å². The summed E-state index contributed by atoms with van der Waals surface area (Å²) in [6.45, 7) is 0.955. The standard InChI is InChI=1S/C24H28FN3/c1-28(2)24(17-6-4-3-5-7-17)13-11-23(12-14-24)22-19(10-15-26-23)20-16-18(25)8-9-21(20)27-22/h3-9,16,26-27H,10-15H2,1-2H3/t23-,24+. The van der Waals surface area contributed by atoms with Crippen LogP contribution in [0.2, 0.25) is 0 Å². The summed E-state index contributed by atoms with van der Waals surface area (Å²) >= 11 is 0. The Morgan fingerprint density at radius 1 is 0.964 bits per heavy atom. The van der Waals surface area contributed by atoms with Gasteiger partial charge in [0.05, 0.1) is 5.54 Å². The fourth-order valence-electron chi connectivity index (χ4n) is 5.66. The average Bonchev–Trinajstić information content (AvgIpc) is 3.09. The number of benzene rings is 2. The molecule has 3 aromatic rings. The normalized spacial score (nSPS) is 27.4. The fourth-order valence-corrected chi connectivity index (χ4v) is 5.66. The van der Waals surface area contributed by atoms with Crippen LogP contribution in [-0.2, 0) is 17.5 Å². The van der Waals surface area contributed by atoms with Crippen LogP contribution >= 0.6 is 0 Å². The predicted octanol–water partition coefficient (Wildman–Crippen LogP) is 4.68. The average molecular weight is 378 g/mol. The largest absolute Gasteiger partial charge is 0.357 e. The smallest absolute Gasteiger partial charge is 0.123 e. The molecule has 4 heteroatoms. The maximum atomic E-state index is 13.9. The molecule has 1 aliphatic heterocycles. The van der Waals surface area contributed by atoms with Gasteiger partial charge in [-0.15, -0.1) is 0 Å². The molecule has 1 aliphatic carbocycles. The Morgan fingerprint density at radius 2 is 1.71 bits per heavy atom. The van der Waals surface area contributed by atoms with Gasteiger partial charge in [-0.25, -0.2) is 4.39 Å². The highest BCUT2D eigenvalue weighted by Gasteiger charge is 2.48. The molecule has 28 heavy (non-hydrogen) atoms. The van der Waals surface area contributed by atoms with Crippen LogP contribution in [-0.4, -0.2) is 30.5 Å². The summed E-state index contributed by atoms with van der Waals surface area (Å²) in [7, 11) is 4.41. The van der Waals surface area contributed by atoms with Gasteiger partial charge < -0.3 is 10.3 Å². The summed E-state index contributed by atoms with van der Waals surface area (Å²) in [4.78, 5) is 6.06. The van der Waals surface area contributed by atoms with Crippen LogP contribution in [0, 0.1) is 5.82 Å². The molecule has 1 spiro atoms. The highest BCUT2D eigenvalue weighted by atomic mass is 19.1. The second-order valence-corrected chi connectivity index (χ2v) is 8.72. The molecule has 2 N–H and O–H groups in total. The number of nitrogens with zero attached hydrogens (tertiary/aromatic N) is 1. The molecule has 2 aliphatic rings. The minimum atomic E-state index is -0.152. The highest BCUT2D eigenvalue weighted by molar-refractivity contribution is 5.85. The molecule has 0 atom stereocenters. The van der Waals surface area contributed by atoms with Gasteiger partial charge in [0.15, 0.2) is 0 Å². The van der Waals surface area contributed by atoms with Crippen LogP contribution in [0.3, 0.4) is 0 Å². The first kappa shape index (κ1) is 17.9. The lowest BCUT2D eigenvalue weighted by atomic mass is 9.66. The molecule has 0 amide bonds. The van der Waals surface area contributed by atoms with Crippen molar-refractivity contribution in [3.05, 3.63) is 71.2 Å². The van der Waals surface area contributed by atoms with E-state index in [9.17, 15) is 4.39 Å². The minimum absolute atomic E-state index is 0.0304. The van der Waals surface area contributed by atoms with Gasteiger partial charge in [-0.2, -0.15) is 0 Å². The lowest BCUT2D eigenvalue weighted by molar-refractivity contribution is 0.0496. The Labute approximate surface area is 165 Å². The zero-order valence-corrected chi connectivity index (χ0v) is 16.7. The minimum Gasteiger partial charge on any atom is -0.357 e. The van der Waals surface area contributed by atoms with Gasteiger partial charge in [0.25, 0.3) is 0 Å². The van der Waals surface area contributed by atoms with E-state index in [4.69, 9.17) is 0 Å². The third-order valence-corrected chi connectivity index (χ3v) is 7.28. The van der Waals surface area contributed by atoms with Gasteiger partial charge in [0, 0.05) is 28.7 Å². The van der Waals surface area contributed by atoms with Crippen LogP contribution in [0.4, 0.5) is 4.39 Å². The number of fused-ring (bicyclic) bond motifs is 4. The Kier molecular flexibility index (Phi) is 4.11. The van der Waals surface area contributed by atoms with E-state index in [1.54, 1.807) is 12.1 Å². The van der Waals surface area contributed by atoms with Crippen LogP contribution in [0.15, 0.2) is 48.5 Å². The van der Waals surface area contributed by atoms with E-state index >= 15 is 0 Å². The third-order valence-electron chi connectivity index (χ3n) is 7.28. The molecular weight excluding hydrogens is 349 g/mol. The second kappa shape index (κ2) is 6.43. The van der Waals surface area contributed by atoms with Gasteiger partial charge in [-0.05, 0) is 75.5 Å². The van der Waals surface area contributed by atoms with E-state index in [1.165, 1.54) is 16.8 Å². The van der Waals surface area contributed by atoms with E-state index in [1.807, 2.05) is 6.07 Å². The maximum absolute atomic E-state index is 13.9. The summed E-state index contributed by atoms with van der Waals surface area (Å²) in [6.07, 6.45) is 5.29. The molecule has 3 nitrogen and oxygen atoms in total. The predicted molar refractivity (Wildman–Crippen MR) is 112 cm³/mol. The van der Waals surface area contributed by atoms with Crippen LogP contribution in [0.5, 0.6) is 0 Å². The summed E-state index contributed by atoms with van der Waals surface area (Å²) < 4.78 is 13.9. The second-order valence-electron chi connectivity index (χ2n) is 8.72. The summed E-state index contributed by atoms with van der Waals surface area (Å²) in [5.41, 5.74) is 5.11. The van der Waals surface area contributed by atoms with Gasteiger partial charge in [-0.1, -0.05) is 30.3 Å². The molecule has 0 unspecified atom stereocenters.